The summed E-state index contributed by atoms with van der Waals surface area (Å²) in [4.78, 5) is 11.1. The molecule has 0 spiro atoms. The van der Waals surface area contributed by atoms with E-state index in [0.29, 0.717) is 23.2 Å². The van der Waals surface area contributed by atoms with Crippen LogP contribution in [0.15, 0.2) is 0 Å². The molecule has 0 radical (unpaired) electrons. The fourth-order valence-electron chi connectivity index (χ4n) is 2.95. The van der Waals surface area contributed by atoms with Gasteiger partial charge in [-0.2, -0.15) is 5.10 Å². The standard InChI is InChI=1S/C13H20N2O2/c1-8-5-4-6-11(7-8)15-10(3)12(13(16)17)9(2)14-15/h8,11H,4-7H2,1-3H3,(H,16,17). The lowest BCUT2D eigenvalue weighted by Gasteiger charge is -2.27. The van der Waals surface area contributed by atoms with Crippen LogP contribution >= 0.6 is 0 Å². The number of aromatic nitrogens is 2. The van der Waals surface area contributed by atoms with Crippen molar-refractivity contribution in [1.82, 2.24) is 9.78 Å². The molecule has 1 heterocycles. The molecule has 1 aliphatic carbocycles. The molecule has 2 rings (SSSR count). The maximum atomic E-state index is 11.1. The second-order valence-corrected chi connectivity index (χ2v) is 5.22. The summed E-state index contributed by atoms with van der Waals surface area (Å²) in [7, 11) is 0. The predicted molar refractivity (Wildman–Crippen MR) is 65.3 cm³/mol. The third-order valence-electron chi connectivity index (χ3n) is 3.79. The van der Waals surface area contributed by atoms with Crippen molar-refractivity contribution in [1.29, 1.82) is 0 Å². The van der Waals surface area contributed by atoms with Crippen LogP contribution in [-0.4, -0.2) is 20.9 Å². The Bertz CT molecular complexity index is 437. The Kier molecular flexibility index (Phi) is 3.22. The van der Waals surface area contributed by atoms with Crippen LogP contribution in [0.2, 0.25) is 0 Å². The van der Waals surface area contributed by atoms with Crippen LogP contribution in [0, 0.1) is 19.8 Å². The van der Waals surface area contributed by atoms with Gasteiger partial charge in [-0.3, -0.25) is 4.68 Å². The Morgan fingerprint density at radius 2 is 2.12 bits per heavy atom. The maximum Gasteiger partial charge on any atom is 0.339 e. The quantitative estimate of drug-likeness (QED) is 0.858. The van der Waals surface area contributed by atoms with Crippen molar-refractivity contribution < 1.29 is 9.90 Å². The van der Waals surface area contributed by atoms with E-state index in [-0.39, 0.29) is 0 Å². The number of aryl methyl sites for hydroxylation is 1. The number of hydrogen-bond acceptors (Lipinski definition) is 2. The molecule has 4 nitrogen and oxygen atoms in total. The minimum atomic E-state index is -0.866. The number of carbonyl (C=O) groups is 1. The summed E-state index contributed by atoms with van der Waals surface area (Å²) in [5.74, 6) is -0.152. The van der Waals surface area contributed by atoms with Crippen LogP contribution < -0.4 is 0 Å². The molecule has 0 aromatic carbocycles. The van der Waals surface area contributed by atoms with E-state index in [4.69, 9.17) is 5.11 Å². The van der Waals surface area contributed by atoms with Gasteiger partial charge in [0.05, 0.1) is 17.4 Å². The zero-order chi connectivity index (χ0) is 12.6. The fraction of sp³-hybridized carbons (Fsp3) is 0.692. The smallest absolute Gasteiger partial charge is 0.339 e. The van der Waals surface area contributed by atoms with Crippen LogP contribution in [0.5, 0.6) is 0 Å². The average molecular weight is 236 g/mol. The lowest BCUT2D eigenvalue weighted by Crippen LogP contribution is -2.20. The molecule has 0 aliphatic heterocycles. The minimum Gasteiger partial charge on any atom is -0.478 e. The molecular weight excluding hydrogens is 216 g/mol. The van der Waals surface area contributed by atoms with Gasteiger partial charge in [0.15, 0.2) is 0 Å². The van der Waals surface area contributed by atoms with Crippen molar-refractivity contribution in [2.24, 2.45) is 5.92 Å². The molecule has 0 saturated heterocycles. The number of aromatic carboxylic acids is 1. The zero-order valence-electron chi connectivity index (χ0n) is 10.7. The summed E-state index contributed by atoms with van der Waals surface area (Å²) in [6, 6.07) is 0.380. The summed E-state index contributed by atoms with van der Waals surface area (Å²) in [5, 5.41) is 13.6. The van der Waals surface area contributed by atoms with E-state index < -0.39 is 5.97 Å². The molecular formula is C13H20N2O2. The van der Waals surface area contributed by atoms with Crippen LogP contribution in [0.3, 0.4) is 0 Å². The van der Waals surface area contributed by atoms with E-state index >= 15 is 0 Å². The van der Waals surface area contributed by atoms with Crippen LogP contribution in [0.25, 0.3) is 0 Å². The summed E-state index contributed by atoms with van der Waals surface area (Å²) in [6.07, 6.45) is 4.72. The van der Waals surface area contributed by atoms with Gasteiger partial charge >= 0.3 is 5.97 Å². The van der Waals surface area contributed by atoms with E-state index in [2.05, 4.69) is 12.0 Å². The second-order valence-electron chi connectivity index (χ2n) is 5.22. The highest BCUT2D eigenvalue weighted by Gasteiger charge is 2.25. The van der Waals surface area contributed by atoms with Crippen molar-refractivity contribution in [2.75, 3.05) is 0 Å². The number of carboxylic acid groups (broad SMARTS) is 1. The number of carboxylic acids is 1. The molecule has 2 atom stereocenters. The fourth-order valence-corrected chi connectivity index (χ4v) is 2.95. The van der Waals surface area contributed by atoms with Gasteiger partial charge in [0.25, 0.3) is 0 Å². The van der Waals surface area contributed by atoms with Crippen LogP contribution in [0.1, 0.15) is 60.4 Å². The van der Waals surface area contributed by atoms with Gasteiger partial charge in [-0.25, -0.2) is 4.79 Å². The second kappa shape index (κ2) is 4.51. The molecule has 0 amide bonds. The van der Waals surface area contributed by atoms with Crippen LogP contribution in [0.4, 0.5) is 0 Å². The summed E-state index contributed by atoms with van der Waals surface area (Å²) < 4.78 is 1.94. The third-order valence-corrected chi connectivity index (χ3v) is 3.79. The lowest BCUT2D eigenvalue weighted by atomic mass is 9.87. The molecule has 1 fully saturated rings. The van der Waals surface area contributed by atoms with Gasteiger partial charge in [-0.1, -0.05) is 19.8 Å². The van der Waals surface area contributed by atoms with Gasteiger partial charge < -0.3 is 5.11 Å². The van der Waals surface area contributed by atoms with E-state index in [1.807, 2.05) is 11.6 Å². The highest BCUT2D eigenvalue weighted by atomic mass is 16.4. The normalized spacial score (nSPS) is 24.9. The molecule has 17 heavy (non-hydrogen) atoms. The molecule has 94 valence electrons. The van der Waals surface area contributed by atoms with E-state index in [0.717, 1.165) is 18.5 Å². The van der Waals surface area contributed by atoms with Crippen molar-refractivity contribution in [3.8, 4) is 0 Å². The number of rotatable bonds is 2. The minimum absolute atomic E-state index is 0.378. The van der Waals surface area contributed by atoms with Crippen molar-refractivity contribution >= 4 is 5.97 Å². The Labute approximate surface area is 102 Å². The van der Waals surface area contributed by atoms with E-state index in [1.54, 1.807) is 6.92 Å². The molecule has 1 aromatic heterocycles. The van der Waals surface area contributed by atoms with Crippen molar-refractivity contribution in [3.05, 3.63) is 17.0 Å². The first-order chi connectivity index (χ1) is 8.00. The van der Waals surface area contributed by atoms with Crippen molar-refractivity contribution in [3.63, 3.8) is 0 Å². The molecule has 1 aliphatic rings. The van der Waals surface area contributed by atoms with Crippen LogP contribution in [-0.2, 0) is 0 Å². The summed E-state index contributed by atoms with van der Waals surface area (Å²) in [5.41, 5.74) is 1.81. The van der Waals surface area contributed by atoms with E-state index in [9.17, 15) is 4.79 Å². The monoisotopic (exact) mass is 236 g/mol. The first kappa shape index (κ1) is 12.1. The van der Waals surface area contributed by atoms with Gasteiger partial charge in [0.2, 0.25) is 0 Å². The average Bonchev–Trinajstić information content (AvgIpc) is 2.54. The Morgan fingerprint density at radius 1 is 1.41 bits per heavy atom. The lowest BCUT2D eigenvalue weighted by molar-refractivity contribution is 0.0695. The van der Waals surface area contributed by atoms with Gasteiger partial charge in [0.1, 0.15) is 5.56 Å². The molecule has 2 unspecified atom stereocenters. The SMILES string of the molecule is Cc1nn(C2CCCC(C)C2)c(C)c1C(=O)O. The van der Waals surface area contributed by atoms with Gasteiger partial charge in [-0.15, -0.1) is 0 Å². The number of hydrogen-bond donors (Lipinski definition) is 1. The molecule has 1 aromatic rings. The topological polar surface area (TPSA) is 55.1 Å². The first-order valence-electron chi connectivity index (χ1n) is 6.29. The first-order valence-corrected chi connectivity index (χ1v) is 6.29. The highest BCUT2D eigenvalue weighted by molar-refractivity contribution is 5.90. The Balaban J connectivity index is 2.33. The molecule has 1 N–H and O–H groups in total. The van der Waals surface area contributed by atoms with Gasteiger partial charge in [0, 0.05) is 0 Å². The number of nitrogens with zero attached hydrogens (tertiary/aromatic N) is 2. The zero-order valence-corrected chi connectivity index (χ0v) is 10.7. The third kappa shape index (κ3) is 2.21. The van der Waals surface area contributed by atoms with E-state index in [1.165, 1.54) is 12.8 Å². The summed E-state index contributed by atoms with van der Waals surface area (Å²) >= 11 is 0. The Morgan fingerprint density at radius 3 is 2.65 bits per heavy atom. The van der Waals surface area contributed by atoms with Crippen molar-refractivity contribution in [2.45, 2.75) is 52.5 Å². The molecule has 1 saturated carbocycles. The largest absolute Gasteiger partial charge is 0.478 e. The Hall–Kier alpha value is -1.32. The predicted octanol–water partition coefficient (Wildman–Crippen LogP) is 2.95. The highest BCUT2D eigenvalue weighted by Crippen LogP contribution is 2.33. The maximum absolute atomic E-state index is 11.1. The summed E-state index contributed by atoms with van der Waals surface area (Å²) in [6.45, 7) is 5.90. The molecule has 0 bridgehead atoms. The molecule has 4 heteroatoms. The van der Waals surface area contributed by atoms with Gasteiger partial charge in [-0.05, 0) is 32.6 Å².